The van der Waals surface area contributed by atoms with Crippen molar-refractivity contribution in [3.8, 4) is 0 Å². The van der Waals surface area contributed by atoms with Crippen LogP contribution in [0.5, 0.6) is 0 Å². The smallest absolute Gasteiger partial charge is 0.219 e. The topological polar surface area (TPSA) is 50.3 Å². The molecule has 0 N–H and O–H groups in total. The van der Waals surface area contributed by atoms with Crippen LogP contribution in [-0.2, 0) is 16.6 Å². The maximum absolute atomic E-state index is 12.5. The summed E-state index contributed by atoms with van der Waals surface area (Å²) in [5, 5.41) is 0.753. The van der Waals surface area contributed by atoms with Gasteiger partial charge in [-0.25, -0.2) is 8.42 Å². The van der Waals surface area contributed by atoms with Crippen LogP contribution in [0.15, 0.2) is 24.9 Å². The molecule has 0 radical (unpaired) electrons. The van der Waals surface area contributed by atoms with Crippen molar-refractivity contribution in [3.63, 3.8) is 0 Å². The monoisotopic (exact) mass is 336 g/mol. The van der Waals surface area contributed by atoms with Crippen molar-refractivity contribution < 1.29 is 8.42 Å². The van der Waals surface area contributed by atoms with Crippen LogP contribution in [0.1, 0.15) is 26.5 Å². The standard InChI is InChI=1S/C13H18Cl2N2O2S/c1-5-6-17(20(18,19)13(2,3)4)9-12-11(15)7-10(14)8-16-12/h5,7-8H,1,6,9H2,2-4H3. The van der Waals surface area contributed by atoms with Gasteiger partial charge < -0.3 is 0 Å². The lowest BCUT2D eigenvalue weighted by Crippen LogP contribution is -2.42. The molecular weight excluding hydrogens is 319 g/mol. The zero-order chi connectivity index (χ0) is 15.6. The number of nitrogens with zero attached hydrogens (tertiary/aromatic N) is 2. The van der Waals surface area contributed by atoms with Gasteiger partial charge in [0.1, 0.15) is 0 Å². The van der Waals surface area contributed by atoms with Crippen LogP contribution < -0.4 is 0 Å². The SMILES string of the molecule is C=CCN(Cc1ncc(Cl)cc1Cl)S(=O)(=O)C(C)(C)C. The van der Waals surface area contributed by atoms with Crippen molar-refractivity contribution in [1.82, 2.24) is 9.29 Å². The number of hydrogen-bond acceptors (Lipinski definition) is 3. The van der Waals surface area contributed by atoms with Gasteiger partial charge in [0.25, 0.3) is 0 Å². The second-order valence-corrected chi connectivity index (χ2v) is 8.82. The van der Waals surface area contributed by atoms with Crippen molar-refractivity contribution >= 4 is 33.2 Å². The van der Waals surface area contributed by atoms with Crippen molar-refractivity contribution in [2.24, 2.45) is 0 Å². The molecule has 0 saturated heterocycles. The average Bonchev–Trinajstić information content (AvgIpc) is 2.30. The van der Waals surface area contributed by atoms with E-state index in [1.807, 2.05) is 0 Å². The lowest BCUT2D eigenvalue weighted by molar-refractivity contribution is 0.413. The molecule has 1 heterocycles. The molecule has 0 spiro atoms. The Morgan fingerprint density at radius 1 is 1.40 bits per heavy atom. The van der Waals surface area contributed by atoms with E-state index in [0.717, 1.165) is 0 Å². The normalized spacial score (nSPS) is 12.7. The van der Waals surface area contributed by atoms with Gasteiger partial charge in [-0.15, -0.1) is 6.58 Å². The van der Waals surface area contributed by atoms with Gasteiger partial charge in [-0.1, -0.05) is 29.3 Å². The van der Waals surface area contributed by atoms with E-state index in [9.17, 15) is 8.42 Å². The van der Waals surface area contributed by atoms with E-state index in [-0.39, 0.29) is 13.1 Å². The van der Waals surface area contributed by atoms with E-state index in [1.54, 1.807) is 26.8 Å². The fourth-order valence-corrected chi connectivity index (χ4v) is 3.31. The van der Waals surface area contributed by atoms with Crippen LogP contribution in [0.4, 0.5) is 0 Å². The Balaban J connectivity index is 3.14. The number of sulfonamides is 1. The van der Waals surface area contributed by atoms with Gasteiger partial charge in [-0.3, -0.25) is 4.98 Å². The molecule has 1 aromatic heterocycles. The Kier molecular flexibility index (Phi) is 5.61. The summed E-state index contributed by atoms with van der Waals surface area (Å²) in [6.07, 6.45) is 2.98. The maximum Gasteiger partial charge on any atom is 0.219 e. The van der Waals surface area contributed by atoms with Crippen LogP contribution in [0, 0.1) is 0 Å². The summed E-state index contributed by atoms with van der Waals surface area (Å²) in [5.74, 6) is 0. The lowest BCUT2D eigenvalue weighted by Gasteiger charge is -2.29. The number of aromatic nitrogens is 1. The third-order valence-electron chi connectivity index (χ3n) is 2.66. The van der Waals surface area contributed by atoms with E-state index >= 15 is 0 Å². The first-order valence-corrected chi connectivity index (χ1v) is 8.19. The van der Waals surface area contributed by atoms with Gasteiger partial charge in [0.05, 0.1) is 27.0 Å². The summed E-state index contributed by atoms with van der Waals surface area (Å²) in [4.78, 5) is 4.09. The Morgan fingerprint density at radius 3 is 2.45 bits per heavy atom. The average molecular weight is 337 g/mol. The van der Waals surface area contributed by atoms with Gasteiger partial charge in [-0.05, 0) is 26.8 Å². The quantitative estimate of drug-likeness (QED) is 0.773. The first-order chi connectivity index (χ1) is 9.09. The van der Waals surface area contributed by atoms with Crippen LogP contribution in [0.2, 0.25) is 10.0 Å². The summed E-state index contributed by atoms with van der Waals surface area (Å²) < 4.78 is 25.4. The molecule has 0 amide bonds. The fraction of sp³-hybridized carbons (Fsp3) is 0.462. The molecule has 0 saturated carbocycles. The fourth-order valence-electron chi connectivity index (χ4n) is 1.51. The van der Waals surface area contributed by atoms with Crippen LogP contribution in [-0.4, -0.2) is 29.0 Å². The molecular formula is C13H18Cl2N2O2S. The predicted molar refractivity (Wildman–Crippen MR) is 83.5 cm³/mol. The zero-order valence-electron chi connectivity index (χ0n) is 11.7. The van der Waals surface area contributed by atoms with Crippen molar-refractivity contribution in [2.75, 3.05) is 6.54 Å². The van der Waals surface area contributed by atoms with E-state index in [0.29, 0.717) is 15.7 Å². The van der Waals surface area contributed by atoms with Crippen LogP contribution in [0.3, 0.4) is 0 Å². The Morgan fingerprint density at radius 2 is 2.00 bits per heavy atom. The minimum atomic E-state index is -3.50. The second kappa shape index (κ2) is 6.43. The maximum atomic E-state index is 12.5. The van der Waals surface area contributed by atoms with Gasteiger partial charge in [0, 0.05) is 12.7 Å². The molecule has 112 valence electrons. The van der Waals surface area contributed by atoms with E-state index in [2.05, 4.69) is 11.6 Å². The highest BCUT2D eigenvalue weighted by molar-refractivity contribution is 7.90. The van der Waals surface area contributed by atoms with Crippen LogP contribution >= 0.6 is 23.2 Å². The highest BCUT2D eigenvalue weighted by Crippen LogP contribution is 2.25. The summed E-state index contributed by atoms with van der Waals surface area (Å²) in [6, 6.07) is 1.54. The largest absolute Gasteiger partial charge is 0.257 e. The number of hydrogen-bond donors (Lipinski definition) is 0. The van der Waals surface area contributed by atoms with E-state index in [4.69, 9.17) is 23.2 Å². The van der Waals surface area contributed by atoms with Gasteiger partial charge >= 0.3 is 0 Å². The van der Waals surface area contributed by atoms with Gasteiger partial charge in [-0.2, -0.15) is 4.31 Å². The van der Waals surface area contributed by atoms with Gasteiger partial charge in [0.2, 0.25) is 10.0 Å². The minimum Gasteiger partial charge on any atom is -0.257 e. The van der Waals surface area contributed by atoms with E-state index in [1.165, 1.54) is 16.6 Å². The molecule has 7 heteroatoms. The van der Waals surface area contributed by atoms with Crippen molar-refractivity contribution in [3.05, 3.63) is 40.7 Å². The molecule has 1 aromatic rings. The van der Waals surface area contributed by atoms with Crippen molar-refractivity contribution in [2.45, 2.75) is 32.1 Å². The molecule has 0 aliphatic heterocycles. The zero-order valence-corrected chi connectivity index (χ0v) is 14.1. The molecule has 0 aromatic carbocycles. The molecule has 1 rings (SSSR count). The second-order valence-electron chi connectivity index (χ2n) is 5.28. The summed E-state index contributed by atoms with van der Waals surface area (Å²) in [6.45, 7) is 8.82. The molecule has 0 bridgehead atoms. The molecule has 0 atom stereocenters. The number of rotatable bonds is 5. The summed E-state index contributed by atoms with van der Waals surface area (Å²) in [5.41, 5.74) is 0.464. The number of pyridine rings is 1. The lowest BCUT2D eigenvalue weighted by atomic mass is 10.3. The molecule has 0 fully saturated rings. The van der Waals surface area contributed by atoms with Crippen LogP contribution in [0.25, 0.3) is 0 Å². The molecule has 0 aliphatic carbocycles. The molecule has 20 heavy (non-hydrogen) atoms. The third kappa shape index (κ3) is 3.95. The highest BCUT2D eigenvalue weighted by Gasteiger charge is 2.35. The predicted octanol–water partition coefficient (Wildman–Crippen LogP) is 3.50. The molecule has 0 unspecified atom stereocenters. The number of halogens is 2. The van der Waals surface area contributed by atoms with Crippen molar-refractivity contribution in [1.29, 1.82) is 0 Å². The summed E-state index contributed by atoms with van der Waals surface area (Å²) >= 11 is 11.8. The Bertz CT molecular complexity index is 595. The first kappa shape index (κ1) is 17.4. The first-order valence-electron chi connectivity index (χ1n) is 6.00. The summed E-state index contributed by atoms with van der Waals surface area (Å²) in [7, 11) is -3.50. The van der Waals surface area contributed by atoms with Gasteiger partial charge in [0.15, 0.2) is 0 Å². The van der Waals surface area contributed by atoms with E-state index < -0.39 is 14.8 Å². The Hall–Kier alpha value is -0.620. The highest BCUT2D eigenvalue weighted by atomic mass is 35.5. The molecule has 0 aliphatic rings. The Labute approximate surface area is 130 Å². The molecule has 4 nitrogen and oxygen atoms in total. The third-order valence-corrected chi connectivity index (χ3v) is 5.70. The minimum absolute atomic E-state index is 0.0849.